The van der Waals surface area contributed by atoms with Crippen LogP contribution in [-0.2, 0) is 0 Å². The van der Waals surface area contributed by atoms with Crippen LogP contribution in [0, 0.1) is 24.0 Å². The molecule has 0 saturated carbocycles. The molecular weight excluding hydrogens is 153 g/mol. The average Bonchev–Trinajstić information content (AvgIpc) is 2.01. The molecule has 57 valence electrons. The average molecular weight is 157 g/mol. The Balaban J connectivity index is 3.36. The molecule has 0 spiro atoms. The van der Waals surface area contributed by atoms with Gasteiger partial charge in [-0.15, -0.1) is 0 Å². The van der Waals surface area contributed by atoms with Crippen LogP contribution < -0.4 is 0 Å². The largest absolute Gasteiger partial charge is 0.204 e. The number of benzene rings is 1. The first-order valence-corrected chi connectivity index (χ1v) is 2.85. The van der Waals surface area contributed by atoms with E-state index in [2.05, 4.69) is 0 Å². The van der Waals surface area contributed by atoms with Crippen LogP contribution in [0.2, 0.25) is 0 Å². The van der Waals surface area contributed by atoms with E-state index < -0.39 is 17.5 Å². The maximum absolute atomic E-state index is 12.5. The molecule has 1 aromatic carbocycles. The van der Waals surface area contributed by atoms with Crippen molar-refractivity contribution in [1.82, 2.24) is 0 Å². The Morgan fingerprint density at radius 3 is 2.27 bits per heavy atom. The molecule has 0 aromatic heterocycles. The molecule has 3 heteroatoms. The van der Waals surface area contributed by atoms with Gasteiger partial charge in [0.15, 0.2) is 17.5 Å². The minimum Gasteiger partial charge on any atom is -0.204 e. The molecule has 0 atom stereocenters. The molecule has 0 N–H and O–H groups in total. The van der Waals surface area contributed by atoms with Gasteiger partial charge >= 0.3 is 0 Å². The van der Waals surface area contributed by atoms with E-state index in [1.807, 2.05) is 0 Å². The van der Waals surface area contributed by atoms with Crippen molar-refractivity contribution in [2.45, 2.75) is 0 Å². The Kier molecular flexibility index (Phi) is 1.98. The summed E-state index contributed by atoms with van der Waals surface area (Å²) in [5.74, 6) is -3.97. The first kappa shape index (κ1) is 7.85. The summed E-state index contributed by atoms with van der Waals surface area (Å²) in [5.41, 5.74) is -0.149. The van der Waals surface area contributed by atoms with Crippen LogP contribution in [0.1, 0.15) is 5.56 Å². The monoisotopic (exact) mass is 157 g/mol. The van der Waals surface area contributed by atoms with E-state index in [0.717, 1.165) is 18.2 Å². The Morgan fingerprint density at radius 2 is 1.73 bits per heavy atom. The normalized spacial score (nSPS) is 9.73. The van der Waals surface area contributed by atoms with Crippen LogP contribution in [0.5, 0.6) is 0 Å². The van der Waals surface area contributed by atoms with E-state index in [1.165, 1.54) is 0 Å². The maximum Gasteiger partial charge on any atom is 0.195 e. The SMILES string of the molecule is [CH]=Cc1ccc(F)c(F)c1F. The summed E-state index contributed by atoms with van der Waals surface area (Å²) < 4.78 is 37.1. The summed E-state index contributed by atoms with van der Waals surface area (Å²) in [4.78, 5) is 0. The van der Waals surface area contributed by atoms with Gasteiger partial charge in [-0.2, -0.15) is 0 Å². The van der Waals surface area contributed by atoms with Crippen LogP contribution >= 0.6 is 0 Å². The zero-order valence-electron chi connectivity index (χ0n) is 5.44. The van der Waals surface area contributed by atoms with Crippen molar-refractivity contribution in [3.8, 4) is 0 Å². The lowest BCUT2D eigenvalue weighted by atomic mass is 10.2. The van der Waals surface area contributed by atoms with Crippen molar-refractivity contribution in [2.75, 3.05) is 0 Å². The zero-order valence-corrected chi connectivity index (χ0v) is 5.44. The summed E-state index contributed by atoms with van der Waals surface area (Å²) >= 11 is 0. The van der Waals surface area contributed by atoms with E-state index in [-0.39, 0.29) is 5.56 Å². The van der Waals surface area contributed by atoms with E-state index in [4.69, 9.17) is 6.58 Å². The second-order valence-electron chi connectivity index (χ2n) is 1.93. The number of hydrogen-bond acceptors (Lipinski definition) is 0. The minimum absolute atomic E-state index is 0.149. The Labute approximate surface area is 62.0 Å². The lowest BCUT2D eigenvalue weighted by molar-refractivity contribution is 0.446. The fourth-order valence-electron chi connectivity index (χ4n) is 0.670. The van der Waals surface area contributed by atoms with Gasteiger partial charge in [-0.3, -0.25) is 0 Å². The quantitative estimate of drug-likeness (QED) is 0.549. The summed E-state index contributed by atoms with van der Waals surface area (Å²) in [6.07, 6.45) is 0.873. The van der Waals surface area contributed by atoms with Gasteiger partial charge in [0.1, 0.15) is 0 Å². The third-order valence-electron chi connectivity index (χ3n) is 1.24. The summed E-state index contributed by atoms with van der Waals surface area (Å²) in [5, 5.41) is 0. The second kappa shape index (κ2) is 2.78. The van der Waals surface area contributed by atoms with E-state index in [9.17, 15) is 13.2 Å². The molecule has 1 radical (unpaired) electrons. The van der Waals surface area contributed by atoms with E-state index in [0.29, 0.717) is 0 Å². The number of hydrogen-bond donors (Lipinski definition) is 0. The third kappa shape index (κ3) is 1.27. The highest BCUT2D eigenvalue weighted by molar-refractivity contribution is 5.46. The number of halogens is 3. The van der Waals surface area contributed by atoms with Crippen molar-refractivity contribution in [3.63, 3.8) is 0 Å². The lowest BCUT2D eigenvalue weighted by Crippen LogP contribution is -1.92. The van der Waals surface area contributed by atoms with Crippen molar-refractivity contribution in [3.05, 3.63) is 41.7 Å². The zero-order chi connectivity index (χ0) is 8.43. The fourth-order valence-corrected chi connectivity index (χ4v) is 0.670. The molecule has 0 unspecified atom stereocenters. The molecule has 1 rings (SSSR count). The van der Waals surface area contributed by atoms with Crippen molar-refractivity contribution in [1.29, 1.82) is 0 Å². The van der Waals surface area contributed by atoms with Crippen LogP contribution in [-0.4, -0.2) is 0 Å². The summed E-state index contributed by atoms with van der Waals surface area (Å²) in [6, 6.07) is 1.88. The molecule has 0 aliphatic carbocycles. The van der Waals surface area contributed by atoms with Gasteiger partial charge in [0, 0.05) is 5.56 Å². The van der Waals surface area contributed by atoms with Gasteiger partial charge in [-0.25, -0.2) is 13.2 Å². The van der Waals surface area contributed by atoms with Crippen LogP contribution in [0.3, 0.4) is 0 Å². The van der Waals surface area contributed by atoms with Crippen LogP contribution in [0.25, 0.3) is 6.08 Å². The van der Waals surface area contributed by atoms with Gasteiger partial charge in [0.05, 0.1) is 0 Å². The van der Waals surface area contributed by atoms with Crippen molar-refractivity contribution < 1.29 is 13.2 Å². The Bertz CT molecular complexity index is 292. The molecule has 0 aliphatic heterocycles. The molecule has 0 heterocycles. The summed E-state index contributed by atoms with van der Waals surface area (Å²) in [7, 11) is 0. The first-order chi connectivity index (χ1) is 5.16. The maximum atomic E-state index is 12.5. The molecule has 0 saturated heterocycles. The van der Waals surface area contributed by atoms with Gasteiger partial charge in [-0.1, -0.05) is 12.7 Å². The van der Waals surface area contributed by atoms with Gasteiger partial charge < -0.3 is 0 Å². The fraction of sp³-hybridized carbons (Fsp3) is 0. The van der Waals surface area contributed by atoms with Gasteiger partial charge in [0.25, 0.3) is 0 Å². The predicted octanol–water partition coefficient (Wildman–Crippen LogP) is 2.55. The smallest absolute Gasteiger partial charge is 0.195 e. The lowest BCUT2D eigenvalue weighted by Gasteiger charge is -1.97. The molecule has 0 fully saturated rings. The second-order valence-corrected chi connectivity index (χ2v) is 1.93. The highest BCUT2D eigenvalue weighted by Gasteiger charge is 2.10. The number of rotatable bonds is 1. The van der Waals surface area contributed by atoms with Crippen LogP contribution in [0.4, 0.5) is 13.2 Å². The molecule has 11 heavy (non-hydrogen) atoms. The standard InChI is InChI=1S/C8H4F3/c1-2-5-3-4-6(9)8(11)7(5)10/h1-4H. The molecule has 1 aromatic rings. The first-order valence-electron chi connectivity index (χ1n) is 2.85. The van der Waals surface area contributed by atoms with Gasteiger partial charge in [0.2, 0.25) is 0 Å². The topological polar surface area (TPSA) is 0 Å². The Morgan fingerprint density at radius 1 is 1.09 bits per heavy atom. The van der Waals surface area contributed by atoms with Crippen LogP contribution in [0.15, 0.2) is 12.1 Å². The summed E-state index contributed by atoms with van der Waals surface area (Å²) in [6.45, 7) is 4.92. The van der Waals surface area contributed by atoms with Gasteiger partial charge in [-0.05, 0) is 12.1 Å². The highest BCUT2D eigenvalue weighted by atomic mass is 19.2. The Hall–Kier alpha value is -1.25. The molecule has 0 amide bonds. The molecule has 0 nitrogen and oxygen atoms in total. The third-order valence-corrected chi connectivity index (χ3v) is 1.24. The molecular formula is C8H4F3. The van der Waals surface area contributed by atoms with E-state index >= 15 is 0 Å². The highest BCUT2D eigenvalue weighted by Crippen LogP contribution is 2.15. The predicted molar refractivity (Wildman–Crippen MR) is 35.1 cm³/mol. The minimum atomic E-state index is -1.50. The van der Waals surface area contributed by atoms with E-state index in [1.54, 1.807) is 0 Å². The van der Waals surface area contributed by atoms with Crippen molar-refractivity contribution >= 4 is 6.08 Å². The van der Waals surface area contributed by atoms with Crippen molar-refractivity contribution in [2.24, 2.45) is 0 Å². The molecule has 0 aliphatic rings. The molecule has 0 bridgehead atoms.